The molecule has 0 saturated carbocycles. The second-order valence-corrected chi connectivity index (χ2v) is 5.42. The lowest BCUT2D eigenvalue weighted by Crippen LogP contribution is -2.38. The third-order valence-electron chi connectivity index (χ3n) is 3.76. The lowest BCUT2D eigenvalue weighted by Gasteiger charge is -2.24. The summed E-state index contributed by atoms with van der Waals surface area (Å²) in [6.07, 6.45) is 0.458. The molecule has 2 aromatic rings. The van der Waals surface area contributed by atoms with Crippen LogP contribution in [-0.2, 0) is 11.2 Å². The average Bonchev–Trinajstić information content (AvgIpc) is 2.55. The summed E-state index contributed by atoms with van der Waals surface area (Å²) in [5.74, 6) is -0.523. The van der Waals surface area contributed by atoms with Gasteiger partial charge in [0.05, 0.1) is 7.11 Å². The topological polar surface area (TPSA) is 78.8 Å². The highest BCUT2D eigenvalue weighted by Gasteiger charge is 2.29. The number of hydrogen-bond donors (Lipinski definition) is 4. The molecule has 1 unspecified atom stereocenters. The van der Waals surface area contributed by atoms with E-state index in [1.54, 1.807) is 31.4 Å². The maximum absolute atomic E-state index is 11.6. The standard InChI is InChI=1S/C17H19NO4S/c1-22-15-5-3-2-4-12(15)10-14(16(18-23)17(20)21)11-6-8-13(19)9-7-11/h2-9,14,16,18-19,23H,10H2,1H3,(H,20,21)/t14?,16-/m1/s1. The summed E-state index contributed by atoms with van der Waals surface area (Å²) in [4.78, 5) is 11.6. The van der Waals surface area contributed by atoms with E-state index in [0.717, 1.165) is 11.1 Å². The number of hydrogen-bond acceptors (Lipinski definition) is 5. The number of methoxy groups -OCH3 is 1. The van der Waals surface area contributed by atoms with Gasteiger partial charge in [0.1, 0.15) is 17.5 Å². The summed E-state index contributed by atoms with van der Waals surface area (Å²) in [6, 6.07) is 13.1. The number of benzene rings is 2. The quantitative estimate of drug-likeness (QED) is 0.586. The van der Waals surface area contributed by atoms with Crippen LogP contribution in [0.4, 0.5) is 0 Å². The smallest absolute Gasteiger partial charge is 0.322 e. The molecule has 23 heavy (non-hydrogen) atoms. The molecule has 0 aromatic heterocycles. The highest BCUT2D eigenvalue weighted by atomic mass is 32.1. The largest absolute Gasteiger partial charge is 0.508 e. The summed E-state index contributed by atoms with van der Waals surface area (Å²) in [5, 5.41) is 18.9. The van der Waals surface area contributed by atoms with Crippen molar-refractivity contribution in [2.75, 3.05) is 7.11 Å². The molecule has 5 nitrogen and oxygen atoms in total. The first kappa shape index (κ1) is 17.2. The van der Waals surface area contributed by atoms with Gasteiger partial charge in [-0.1, -0.05) is 43.1 Å². The molecule has 122 valence electrons. The number of rotatable bonds is 7. The van der Waals surface area contributed by atoms with Crippen LogP contribution in [0.1, 0.15) is 17.0 Å². The summed E-state index contributed by atoms with van der Waals surface area (Å²) < 4.78 is 7.91. The van der Waals surface area contributed by atoms with Gasteiger partial charge in [-0.2, -0.15) is 0 Å². The van der Waals surface area contributed by atoms with Crippen molar-refractivity contribution in [3.63, 3.8) is 0 Å². The van der Waals surface area contributed by atoms with Gasteiger partial charge in [-0.05, 0) is 35.7 Å². The molecule has 6 heteroatoms. The lowest BCUT2D eigenvalue weighted by molar-refractivity contribution is -0.139. The Labute approximate surface area is 140 Å². The van der Waals surface area contributed by atoms with Crippen molar-refractivity contribution in [1.29, 1.82) is 0 Å². The molecule has 0 saturated heterocycles. The predicted octanol–water partition coefficient (Wildman–Crippen LogP) is 2.61. The van der Waals surface area contributed by atoms with Gasteiger partial charge in [0.15, 0.2) is 0 Å². The third-order valence-corrected chi connectivity index (χ3v) is 4.04. The van der Waals surface area contributed by atoms with Crippen LogP contribution < -0.4 is 9.46 Å². The van der Waals surface area contributed by atoms with Crippen molar-refractivity contribution in [2.45, 2.75) is 18.4 Å². The van der Waals surface area contributed by atoms with Gasteiger partial charge in [-0.25, -0.2) is 0 Å². The van der Waals surface area contributed by atoms with Crippen molar-refractivity contribution < 1.29 is 19.7 Å². The van der Waals surface area contributed by atoms with E-state index < -0.39 is 12.0 Å². The second kappa shape index (κ2) is 7.89. The summed E-state index contributed by atoms with van der Waals surface area (Å²) in [6.45, 7) is 0. The zero-order valence-electron chi connectivity index (χ0n) is 12.6. The minimum Gasteiger partial charge on any atom is -0.508 e. The molecule has 0 bridgehead atoms. The fraction of sp³-hybridized carbons (Fsp3) is 0.235. The fourth-order valence-corrected chi connectivity index (χ4v) is 2.87. The van der Waals surface area contributed by atoms with Gasteiger partial charge in [0, 0.05) is 5.92 Å². The van der Waals surface area contributed by atoms with Gasteiger partial charge >= 0.3 is 5.97 Å². The van der Waals surface area contributed by atoms with Crippen molar-refractivity contribution in [3.8, 4) is 11.5 Å². The Hall–Kier alpha value is -2.18. The zero-order chi connectivity index (χ0) is 16.8. The Morgan fingerprint density at radius 1 is 1.22 bits per heavy atom. The normalized spacial score (nSPS) is 13.3. The van der Waals surface area contributed by atoms with E-state index in [0.29, 0.717) is 12.2 Å². The first-order valence-electron chi connectivity index (χ1n) is 7.10. The lowest BCUT2D eigenvalue weighted by atomic mass is 9.86. The van der Waals surface area contributed by atoms with Gasteiger partial charge in [0.2, 0.25) is 0 Å². The number of carboxylic acid groups (broad SMARTS) is 1. The Morgan fingerprint density at radius 2 is 1.87 bits per heavy atom. The molecule has 2 aromatic carbocycles. The highest BCUT2D eigenvalue weighted by Crippen LogP contribution is 2.30. The Bertz CT molecular complexity index is 660. The Morgan fingerprint density at radius 3 is 2.43 bits per heavy atom. The number of phenols is 1. The molecule has 0 aliphatic heterocycles. The van der Waals surface area contributed by atoms with Crippen molar-refractivity contribution in [3.05, 3.63) is 59.7 Å². The summed E-state index contributed by atoms with van der Waals surface area (Å²) >= 11 is 3.97. The Kier molecular flexibility index (Phi) is 5.90. The van der Waals surface area contributed by atoms with Crippen LogP contribution in [0.2, 0.25) is 0 Å². The molecule has 3 N–H and O–H groups in total. The van der Waals surface area contributed by atoms with Crippen molar-refractivity contribution >= 4 is 18.8 Å². The maximum atomic E-state index is 11.6. The van der Waals surface area contributed by atoms with Gasteiger partial charge in [-0.3, -0.25) is 9.52 Å². The van der Waals surface area contributed by atoms with Crippen LogP contribution in [0.15, 0.2) is 48.5 Å². The van der Waals surface area contributed by atoms with E-state index in [9.17, 15) is 15.0 Å². The number of ether oxygens (including phenoxy) is 1. The van der Waals surface area contributed by atoms with E-state index >= 15 is 0 Å². The van der Waals surface area contributed by atoms with Crippen molar-refractivity contribution in [1.82, 2.24) is 4.72 Å². The fourth-order valence-electron chi connectivity index (χ4n) is 2.58. The van der Waals surface area contributed by atoms with E-state index in [1.165, 1.54) is 0 Å². The summed E-state index contributed by atoms with van der Waals surface area (Å²) in [7, 11) is 1.58. The molecule has 2 atom stereocenters. The molecule has 0 radical (unpaired) electrons. The number of aromatic hydroxyl groups is 1. The number of thiol groups is 1. The number of carbonyl (C=O) groups is 1. The third kappa shape index (κ3) is 4.18. The van der Waals surface area contributed by atoms with E-state index in [2.05, 4.69) is 17.5 Å². The second-order valence-electron chi connectivity index (χ2n) is 5.16. The van der Waals surface area contributed by atoms with E-state index in [4.69, 9.17) is 4.74 Å². The molecule has 0 heterocycles. The van der Waals surface area contributed by atoms with Crippen LogP contribution in [-0.4, -0.2) is 29.3 Å². The van der Waals surface area contributed by atoms with E-state index in [1.807, 2.05) is 24.3 Å². The number of aliphatic carboxylic acids is 1. The summed E-state index contributed by atoms with van der Waals surface area (Å²) in [5.41, 5.74) is 1.70. The SMILES string of the molecule is COc1ccccc1CC(c1ccc(O)cc1)[C@@H](NS)C(=O)O. The van der Waals surface area contributed by atoms with Crippen molar-refractivity contribution in [2.24, 2.45) is 0 Å². The number of nitrogens with one attached hydrogen (secondary N) is 1. The highest BCUT2D eigenvalue weighted by molar-refractivity contribution is 7.78. The molecular weight excluding hydrogens is 314 g/mol. The Balaban J connectivity index is 2.40. The van der Waals surface area contributed by atoms with Crippen LogP contribution in [0.3, 0.4) is 0 Å². The average molecular weight is 333 g/mol. The molecule has 0 aliphatic carbocycles. The number of phenolic OH excluding ortho intramolecular Hbond substituents is 1. The molecule has 2 rings (SSSR count). The maximum Gasteiger partial charge on any atom is 0.322 e. The predicted molar refractivity (Wildman–Crippen MR) is 91.1 cm³/mol. The molecule has 0 spiro atoms. The monoisotopic (exact) mass is 333 g/mol. The minimum atomic E-state index is -0.993. The zero-order valence-corrected chi connectivity index (χ0v) is 13.5. The van der Waals surface area contributed by atoms with Gasteiger partial charge < -0.3 is 14.9 Å². The molecular formula is C17H19NO4S. The molecule has 0 amide bonds. The number of para-hydroxylation sites is 1. The van der Waals surface area contributed by atoms with Gasteiger partial charge in [-0.15, -0.1) is 0 Å². The molecule has 0 aliphatic rings. The van der Waals surface area contributed by atoms with Crippen LogP contribution >= 0.6 is 12.8 Å². The minimum absolute atomic E-state index is 0.135. The first-order chi connectivity index (χ1) is 11.1. The van der Waals surface area contributed by atoms with Crippen LogP contribution in [0, 0.1) is 0 Å². The number of carboxylic acids is 1. The molecule has 0 fully saturated rings. The van der Waals surface area contributed by atoms with Crippen LogP contribution in [0.5, 0.6) is 11.5 Å². The van der Waals surface area contributed by atoms with Gasteiger partial charge in [0.25, 0.3) is 0 Å². The van der Waals surface area contributed by atoms with Crippen LogP contribution in [0.25, 0.3) is 0 Å². The first-order valence-corrected chi connectivity index (χ1v) is 7.54. The van der Waals surface area contributed by atoms with E-state index in [-0.39, 0.29) is 11.7 Å².